The van der Waals surface area contributed by atoms with E-state index in [9.17, 15) is 4.79 Å². The first-order valence-corrected chi connectivity index (χ1v) is 8.95. The van der Waals surface area contributed by atoms with E-state index in [2.05, 4.69) is 5.32 Å². The van der Waals surface area contributed by atoms with Gasteiger partial charge in [-0.05, 0) is 48.4 Å². The maximum atomic E-state index is 13.0. The Balaban J connectivity index is 1.87. The molecule has 4 heteroatoms. The van der Waals surface area contributed by atoms with Gasteiger partial charge in [0.25, 0.3) is 0 Å². The molecule has 0 aromatic heterocycles. The molecule has 0 saturated carbocycles. The Morgan fingerprint density at radius 1 is 0.920 bits per heavy atom. The minimum Gasteiger partial charge on any atom is -0.399 e. The zero-order valence-electron chi connectivity index (χ0n) is 14.0. The number of thioether (sulfide) groups is 1. The maximum Gasteiger partial charge on any atom is 0.242 e. The SMILES string of the molecule is Cc1ccccc1NC(=O)C(Sc1ccc(N)cc1)c1ccccc1. The zero-order valence-corrected chi connectivity index (χ0v) is 14.8. The summed E-state index contributed by atoms with van der Waals surface area (Å²) in [6.07, 6.45) is 0. The third kappa shape index (κ3) is 4.43. The van der Waals surface area contributed by atoms with Crippen molar-refractivity contribution < 1.29 is 4.79 Å². The highest BCUT2D eigenvalue weighted by atomic mass is 32.2. The molecule has 25 heavy (non-hydrogen) atoms. The standard InChI is InChI=1S/C21H20N2OS/c1-15-7-5-6-10-19(15)23-21(24)20(16-8-3-2-4-9-16)25-18-13-11-17(22)12-14-18/h2-14,20H,22H2,1H3,(H,23,24). The molecule has 3 N–H and O–H groups in total. The van der Waals surface area contributed by atoms with E-state index in [0.29, 0.717) is 5.69 Å². The van der Waals surface area contributed by atoms with Gasteiger partial charge < -0.3 is 11.1 Å². The van der Waals surface area contributed by atoms with Crippen molar-refractivity contribution in [3.8, 4) is 0 Å². The fourth-order valence-electron chi connectivity index (χ4n) is 2.49. The third-order valence-corrected chi connectivity index (χ3v) is 5.14. The van der Waals surface area contributed by atoms with Crippen molar-refractivity contribution in [2.24, 2.45) is 0 Å². The smallest absolute Gasteiger partial charge is 0.242 e. The topological polar surface area (TPSA) is 55.1 Å². The van der Waals surface area contributed by atoms with Crippen LogP contribution in [0.5, 0.6) is 0 Å². The second-order valence-corrected chi connectivity index (χ2v) is 6.96. The molecule has 0 fully saturated rings. The summed E-state index contributed by atoms with van der Waals surface area (Å²) in [5, 5.41) is 2.71. The lowest BCUT2D eigenvalue weighted by atomic mass is 10.1. The summed E-state index contributed by atoms with van der Waals surface area (Å²) in [6.45, 7) is 1.99. The van der Waals surface area contributed by atoms with Gasteiger partial charge in [-0.3, -0.25) is 4.79 Å². The number of aryl methyl sites for hydroxylation is 1. The molecule has 0 saturated heterocycles. The lowest BCUT2D eigenvalue weighted by Gasteiger charge is -2.18. The van der Waals surface area contributed by atoms with Crippen molar-refractivity contribution in [1.29, 1.82) is 0 Å². The fourth-order valence-corrected chi connectivity index (χ4v) is 3.52. The van der Waals surface area contributed by atoms with Gasteiger partial charge in [-0.15, -0.1) is 11.8 Å². The molecule has 0 spiro atoms. The molecule has 1 atom stereocenters. The zero-order chi connectivity index (χ0) is 17.6. The van der Waals surface area contributed by atoms with Gasteiger partial charge in [-0.1, -0.05) is 48.5 Å². The van der Waals surface area contributed by atoms with Crippen molar-refractivity contribution in [3.63, 3.8) is 0 Å². The highest BCUT2D eigenvalue weighted by Gasteiger charge is 2.22. The lowest BCUT2D eigenvalue weighted by molar-refractivity contribution is -0.115. The number of carbonyl (C=O) groups excluding carboxylic acids is 1. The van der Waals surface area contributed by atoms with E-state index in [-0.39, 0.29) is 11.2 Å². The summed E-state index contributed by atoms with van der Waals surface area (Å²) in [5.74, 6) is -0.0395. The van der Waals surface area contributed by atoms with Gasteiger partial charge in [0, 0.05) is 16.3 Å². The number of carbonyl (C=O) groups is 1. The second-order valence-electron chi connectivity index (χ2n) is 5.78. The Bertz CT molecular complexity index is 847. The van der Waals surface area contributed by atoms with Gasteiger partial charge in [-0.2, -0.15) is 0 Å². The molecule has 0 aliphatic rings. The Morgan fingerprint density at radius 2 is 1.56 bits per heavy atom. The third-order valence-electron chi connectivity index (χ3n) is 3.88. The quantitative estimate of drug-likeness (QED) is 0.501. The van der Waals surface area contributed by atoms with E-state index in [4.69, 9.17) is 5.73 Å². The number of nitrogens with two attached hydrogens (primary N) is 1. The van der Waals surface area contributed by atoms with Crippen LogP contribution in [-0.4, -0.2) is 5.91 Å². The molecular formula is C21H20N2OS. The summed E-state index contributed by atoms with van der Waals surface area (Å²) < 4.78 is 0. The van der Waals surface area contributed by atoms with Crippen molar-refractivity contribution >= 4 is 29.0 Å². The molecule has 3 nitrogen and oxygen atoms in total. The van der Waals surface area contributed by atoms with Crippen LogP contribution in [-0.2, 0) is 4.79 Å². The van der Waals surface area contributed by atoms with Crippen molar-refractivity contribution in [1.82, 2.24) is 0 Å². The number of para-hydroxylation sites is 1. The Labute approximate surface area is 152 Å². The van der Waals surface area contributed by atoms with Gasteiger partial charge in [0.1, 0.15) is 5.25 Å². The van der Waals surface area contributed by atoms with E-state index in [0.717, 1.165) is 21.7 Å². The van der Waals surface area contributed by atoms with Gasteiger partial charge >= 0.3 is 0 Å². The Morgan fingerprint density at radius 3 is 2.24 bits per heavy atom. The maximum absolute atomic E-state index is 13.0. The minimum absolute atomic E-state index is 0.0395. The Hall–Kier alpha value is -2.72. The van der Waals surface area contributed by atoms with Gasteiger partial charge in [-0.25, -0.2) is 0 Å². The average molecular weight is 348 g/mol. The van der Waals surface area contributed by atoms with E-state index in [1.165, 1.54) is 11.8 Å². The number of nitrogen functional groups attached to an aromatic ring is 1. The van der Waals surface area contributed by atoms with Crippen LogP contribution in [0.1, 0.15) is 16.4 Å². The van der Waals surface area contributed by atoms with E-state index in [1.807, 2.05) is 85.8 Å². The molecule has 0 bridgehead atoms. The van der Waals surface area contributed by atoms with Crippen LogP contribution in [0.2, 0.25) is 0 Å². The molecule has 3 aromatic carbocycles. The van der Waals surface area contributed by atoms with Crippen LogP contribution in [0.3, 0.4) is 0 Å². The monoisotopic (exact) mass is 348 g/mol. The molecule has 1 amide bonds. The van der Waals surface area contributed by atoms with Crippen LogP contribution in [0, 0.1) is 6.92 Å². The highest BCUT2D eigenvalue weighted by molar-refractivity contribution is 8.00. The van der Waals surface area contributed by atoms with Crippen LogP contribution < -0.4 is 11.1 Å². The predicted octanol–water partition coefficient (Wildman–Crippen LogP) is 5.05. The molecule has 3 aromatic rings. The van der Waals surface area contributed by atoms with Gasteiger partial charge in [0.2, 0.25) is 5.91 Å². The number of rotatable bonds is 5. The van der Waals surface area contributed by atoms with Crippen LogP contribution in [0.25, 0.3) is 0 Å². The number of benzene rings is 3. The van der Waals surface area contributed by atoms with E-state index >= 15 is 0 Å². The molecule has 0 radical (unpaired) electrons. The first kappa shape index (κ1) is 17.1. The predicted molar refractivity (Wildman–Crippen MR) is 106 cm³/mol. The molecule has 0 aliphatic heterocycles. The Kier molecular flexibility index (Phi) is 5.41. The normalized spacial score (nSPS) is 11.7. The van der Waals surface area contributed by atoms with Gasteiger partial charge in [0.05, 0.1) is 0 Å². The number of anilines is 2. The molecule has 0 heterocycles. The minimum atomic E-state index is -0.343. The second kappa shape index (κ2) is 7.90. The van der Waals surface area contributed by atoms with Crippen molar-refractivity contribution in [3.05, 3.63) is 90.0 Å². The lowest BCUT2D eigenvalue weighted by Crippen LogP contribution is -2.19. The number of hydrogen-bond donors (Lipinski definition) is 2. The van der Waals surface area contributed by atoms with E-state index < -0.39 is 0 Å². The summed E-state index contributed by atoms with van der Waals surface area (Å²) in [5.41, 5.74) is 9.32. The summed E-state index contributed by atoms with van der Waals surface area (Å²) in [7, 11) is 0. The number of nitrogens with one attached hydrogen (secondary N) is 1. The van der Waals surface area contributed by atoms with Gasteiger partial charge in [0.15, 0.2) is 0 Å². The van der Waals surface area contributed by atoms with Crippen LogP contribution >= 0.6 is 11.8 Å². The van der Waals surface area contributed by atoms with E-state index in [1.54, 1.807) is 0 Å². The average Bonchev–Trinajstić information content (AvgIpc) is 2.64. The first-order valence-electron chi connectivity index (χ1n) is 8.07. The van der Waals surface area contributed by atoms with Crippen molar-refractivity contribution in [2.45, 2.75) is 17.1 Å². The first-order chi connectivity index (χ1) is 12.1. The molecular weight excluding hydrogens is 328 g/mol. The molecule has 0 aliphatic carbocycles. The molecule has 3 rings (SSSR count). The fraction of sp³-hybridized carbons (Fsp3) is 0.0952. The number of amides is 1. The largest absolute Gasteiger partial charge is 0.399 e. The molecule has 126 valence electrons. The number of hydrogen-bond acceptors (Lipinski definition) is 3. The van der Waals surface area contributed by atoms with Crippen LogP contribution in [0.15, 0.2) is 83.8 Å². The highest BCUT2D eigenvalue weighted by Crippen LogP contribution is 2.36. The summed E-state index contributed by atoms with van der Waals surface area (Å²) in [4.78, 5) is 14.0. The summed E-state index contributed by atoms with van der Waals surface area (Å²) in [6, 6.07) is 25.2. The van der Waals surface area contributed by atoms with Crippen LogP contribution in [0.4, 0.5) is 11.4 Å². The van der Waals surface area contributed by atoms with Crippen molar-refractivity contribution in [2.75, 3.05) is 11.1 Å². The molecule has 1 unspecified atom stereocenters. The summed E-state index contributed by atoms with van der Waals surface area (Å²) >= 11 is 1.52.